The molecule has 0 spiro atoms. The first-order valence-corrected chi connectivity index (χ1v) is 7.26. The average molecular weight is 283 g/mol. The Morgan fingerprint density at radius 1 is 1.43 bits per heavy atom. The molecule has 1 amide bonds. The van der Waals surface area contributed by atoms with Crippen LogP contribution < -0.4 is 0 Å². The van der Waals surface area contributed by atoms with Crippen molar-refractivity contribution in [3.05, 3.63) is 42.0 Å². The summed E-state index contributed by atoms with van der Waals surface area (Å²) in [4.78, 5) is 13.6. The Morgan fingerprint density at radius 2 is 2.14 bits per heavy atom. The van der Waals surface area contributed by atoms with Crippen molar-refractivity contribution in [1.29, 1.82) is 0 Å². The molecular weight excluding hydrogens is 262 g/mol. The molecule has 1 aliphatic rings. The molecule has 0 saturated heterocycles. The number of nitrogens with zero attached hydrogens (tertiary/aromatic N) is 1. The summed E-state index contributed by atoms with van der Waals surface area (Å²) in [7, 11) is 1.73. The minimum absolute atomic E-state index is 0.352. The molecule has 1 atom stereocenters. The summed E-state index contributed by atoms with van der Waals surface area (Å²) in [5, 5.41) is 0. The van der Waals surface area contributed by atoms with Crippen LogP contribution in [-0.2, 0) is 4.74 Å². The van der Waals surface area contributed by atoms with Gasteiger partial charge in [-0.15, -0.1) is 6.42 Å². The molecule has 0 radical (unpaired) electrons. The van der Waals surface area contributed by atoms with Crippen molar-refractivity contribution in [3.63, 3.8) is 0 Å². The lowest BCUT2D eigenvalue weighted by molar-refractivity contribution is 0.0836. The highest BCUT2D eigenvalue weighted by Crippen LogP contribution is 2.37. The van der Waals surface area contributed by atoms with E-state index in [4.69, 9.17) is 11.2 Å². The first-order chi connectivity index (χ1) is 10.1. The van der Waals surface area contributed by atoms with Crippen LogP contribution in [0.3, 0.4) is 0 Å². The average Bonchev–Trinajstić information content (AvgIpc) is 2.55. The van der Waals surface area contributed by atoms with Crippen LogP contribution in [0, 0.1) is 12.3 Å². The number of terminal acetylenes is 1. The van der Waals surface area contributed by atoms with Gasteiger partial charge in [0.1, 0.15) is 5.54 Å². The van der Waals surface area contributed by atoms with E-state index in [0.717, 1.165) is 18.4 Å². The van der Waals surface area contributed by atoms with E-state index >= 15 is 0 Å². The molecule has 2 rings (SSSR count). The lowest BCUT2D eigenvalue weighted by atomic mass is 9.79. The Morgan fingerprint density at radius 3 is 2.76 bits per heavy atom. The molecule has 1 unspecified atom stereocenters. The largest absolute Gasteiger partial charge is 0.450 e. The molecular formula is C18H21NO2. The van der Waals surface area contributed by atoms with E-state index in [0.29, 0.717) is 13.0 Å². The molecule has 1 aromatic rings. The third-order valence-electron chi connectivity index (χ3n) is 4.03. The van der Waals surface area contributed by atoms with Gasteiger partial charge in [-0.1, -0.05) is 42.3 Å². The SMILES string of the molecule is C#CC1(N(C)C(=O)OCC)CCC=C(c2ccccc2)C1. The van der Waals surface area contributed by atoms with Crippen molar-refractivity contribution >= 4 is 11.7 Å². The molecule has 110 valence electrons. The molecule has 0 fully saturated rings. The Bertz CT molecular complexity index is 571. The van der Waals surface area contributed by atoms with Crippen molar-refractivity contribution in [2.75, 3.05) is 13.7 Å². The minimum Gasteiger partial charge on any atom is -0.450 e. The van der Waals surface area contributed by atoms with Crippen molar-refractivity contribution in [2.24, 2.45) is 0 Å². The highest BCUT2D eigenvalue weighted by atomic mass is 16.6. The Hall–Kier alpha value is -2.21. The van der Waals surface area contributed by atoms with Gasteiger partial charge in [-0.25, -0.2) is 4.79 Å². The second-order valence-corrected chi connectivity index (χ2v) is 5.24. The van der Waals surface area contributed by atoms with Crippen LogP contribution in [0.1, 0.15) is 31.7 Å². The van der Waals surface area contributed by atoms with Gasteiger partial charge < -0.3 is 4.74 Å². The van der Waals surface area contributed by atoms with E-state index in [2.05, 4.69) is 24.1 Å². The van der Waals surface area contributed by atoms with Crippen LogP contribution in [0.25, 0.3) is 5.57 Å². The van der Waals surface area contributed by atoms with Gasteiger partial charge in [-0.3, -0.25) is 4.90 Å². The normalized spacial score (nSPS) is 21.1. The summed E-state index contributed by atoms with van der Waals surface area (Å²) in [6.07, 6.45) is 9.92. The number of carbonyl (C=O) groups is 1. The van der Waals surface area contributed by atoms with Gasteiger partial charge in [0, 0.05) is 13.5 Å². The predicted molar refractivity (Wildman–Crippen MR) is 84.6 cm³/mol. The van der Waals surface area contributed by atoms with Gasteiger partial charge >= 0.3 is 6.09 Å². The lowest BCUT2D eigenvalue weighted by Crippen LogP contribution is -2.49. The van der Waals surface area contributed by atoms with Gasteiger partial charge in [0.15, 0.2) is 0 Å². The number of amides is 1. The number of allylic oxidation sites excluding steroid dienone is 1. The molecule has 1 aromatic carbocycles. The lowest BCUT2D eigenvalue weighted by Gasteiger charge is -2.40. The standard InChI is InChI=1S/C18H21NO2/c1-4-18(19(3)17(20)21-5-2)13-9-12-16(14-18)15-10-7-6-8-11-15/h1,6-8,10-12H,5,9,13-14H2,2-3H3. The molecule has 3 nitrogen and oxygen atoms in total. The number of benzene rings is 1. The van der Waals surface area contributed by atoms with Crippen LogP contribution in [0.4, 0.5) is 4.79 Å². The highest BCUT2D eigenvalue weighted by molar-refractivity contribution is 5.73. The summed E-state index contributed by atoms with van der Waals surface area (Å²) >= 11 is 0. The van der Waals surface area contributed by atoms with Crippen molar-refractivity contribution in [3.8, 4) is 12.3 Å². The molecule has 0 saturated carbocycles. The molecule has 1 aliphatic carbocycles. The molecule has 0 bridgehead atoms. The maximum absolute atomic E-state index is 12.0. The fourth-order valence-electron chi connectivity index (χ4n) is 2.73. The summed E-state index contributed by atoms with van der Waals surface area (Å²) in [5.74, 6) is 2.84. The van der Waals surface area contributed by atoms with Gasteiger partial charge in [0.05, 0.1) is 6.61 Å². The number of carbonyl (C=O) groups excluding carboxylic acids is 1. The van der Waals surface area contributed by atoms with Crippen molar-refractivity contribution < 1.29 is 9.53 Å². The summed E-state index contributed by atoms with van der Waals surface area (Å²) in [6.45, 7) is 2.15. The summed E-state index contributed by atoms with van der Waals surface area (Å²) < 4.78 is 5.10. The smallest absolute Gasteiger partial charge is 0.410 e. The van der Waals surface area contributed by atoms with Crippen LogP contribution in [0.2, 0.25) is 0 Å². The van der Waals surface area contributed by atoms with Gasteiger partial charge in [-0.05, 0) is 30.9 Å². The second-order valence-electron chi connectivity index (χ2n) is 5.24. The third-order valence-corrected chi connectivity index (χ3v) is 4.03. The summed E-state index contributed by atoms with van der Waals surface area (Å²) in [6, 6.07) is 10.2. The first kappa shape index (κ1) is 15.2. The van der Waals surface area contributed by atoms with Crippen LogP contribution in [0.15, 0.2) is 36.4 Å². The predicted octanol–water partition coefficient (Wildman–Crippen LogP) is 3.71. The van der Waals surface area contributed by atoms with E-state index in [1.54, 1.807) is 18.9 Å². The minimum atomic E-state index is -0.605. The Balaban J connectivity index is 2.25. The van der Waals surface area contributed by atoms with E-state index < -0.39 is 5.54 Å². The summed E-state index contributed by atoms with van der Waals surface area (Å²) in [5.41, 5.74) is 1.75. The van der Waals surface area contributed by atoms with E-state index in [-0.39, 0.29) is 6.09 Å². The highest BCUT2D eigenvalue weighted by Gasteiger charge is 2.38. The molecule has 0 heterocycles. The first-order valence-electron chi connectivity index (χ1n) is 7.26. The van der Waals surface area contributed by atoms with Crippen molar-refractivity contribution in [2.45, 2.75) is 31.7 Å². The molecule has 0 N–H and O–H groups in total. The molecule has 21 heavy (non-hydrogen) atoms. The Labute approximate surface area is 126 Å². The van der Waals surface area contributed by atoms with Gasteiger partial charge in [0.25, 0.3) is 0 Å². The Kier molecular flexibility index (Phi) is 4.70. The maximum Gasteiger partial charge on any atom is 0.410 e. The zero-order valence-electron chi connectivity index (χ0n) is 12.6. The van der Waals surface area contributed by atoms with Crippen LogP contribution in [-0.4, -0.2) is 30.2 Å². The van der Waals surface area contributed by atoms with Crippen molar-refractivity contribution in [1.82, 2.24) is 4.90 Å². The zero-order chi connectivity index (χ0) is 15.3. The number of ether oxygens (including phenoxy) is 1. The van der Waals surface area contributed by atoms with Crippen LogP contribution >= 0.6 is 0 Å². The van der Waals surface area contributed by atoms with Crippen LogP contribution in [0.5, 0.6) is 0 Å². The van der Waals surface area contributed by atoms with Gasteiger partial charge in [0.2, 0.25) is 0 Å². The fraction of sp³-hybridized carbons (Fsp3) is 0.389. The fourth-order valence-corrected chi connectivity index (χ4v) is 2.73. The number of hydrogen-bond donors (Lipinski definition) is 0. The van der Waals surface area contributed by atoms with Gasteiger partial charge in [-0.2, -0.15) is 0 Å². The monoisotopic (exact) mass is 283 g/mol. The van der Waals surface area contributed by atoms with E-state index in [1.165, 1.54) is 5.57 Å². The number of rotatable bonds is 3. The topological polar surface area (TPSA) is 29.5 Å². The van der Waals surface area contributed by atoms with E-state index in [1.807, 2.05) is 18.2 Å². The third kappa shape index (κ3) is 3.11. The molecule has 0 aliphatic heterocycles. The maximum atomic E-state index is 12.0. The zero-order valence-corrected chi connectivity index (χ0v) is 12.6. The number of hydrogen-bond acceptors (Lipinski definition) is 2. The van der Waals surface area contributed by atoms with E-state index in [9.17, 15) is 4.79 Å². The molecule has 0 aromatic heterocycles. The second kappa shape index (κ2) is 6.49. The quantitative estimate of drug-likeness (QED) is 0.791. The molecule has 3 heteroatoms.